The van der Waals surface area contributed by atoms with Crippen LogP contribution in [0.2, 0.25) is 0 Å². The van der Waals surface area contributed by atoms with Crippen LogP contribution in [0.4, 0.5) is 0 Å². The molecule has 2 rings (SSSR count). The van der Waals surface area contributed by atoms with E-state index in [4.69, 9.17) is 5.11 Å². The summed E-state index contributed by atoms with van der Waals surface area (Å²) in [7, 11) is 0. The summed E-state index contributed by atoms with van der Waals surface area (Å²) in [6.45, 7) is 5.30. The Kier molecular flexibility index (Phi) is 5.15. The van der Waals surface area contributed by atoms with E-state index >= 15 is 0 Å². The van der Waals surface area contributed by atoms with Gasteiger partial charge >= 0.3 is 5.97 Å². The highest BCUT2D eigenvalue weighted by molar-refractivity contribution is 5.78. The van der Waals surface area contributed by atoms with Gasteiger partial charge in [0.25, 0.3) is 0 Å². The van der Waals surface area contributed by atoms with Crippen molar-refractivity contribution in [2.75, 3.05) is 45.8 Å². The quantitative estimate of drug-likeness (QED) is 0.658. The Morgan fingerprint density at radius 3 is 2.32 bits per heavy atom. The summed E-state index contributed by atoms with van der Waals surface area (Å²) >= 11 is 0. The standard InChI is InChI=1S/C13H23N3O3/c17-12(14-9-11-1-2-11)10-16-7-5-15(6-8-16)4-3-13(18)19/h11H,1-10H2,(H,14,17)(H,18,19). The number of carbonyl (C=O) groups excluding carboxylic acids is 1. The van der Waals surface area contributed by atoms with Gasteiger partial charge in [0.05, 0.1) is 13.0 Å². The molecule has 1 amide bonds. The van der Waals surface area contributed by atoms with E-state index in [1.165, 1.54) is 12.8 Å². The maximum Gasteiger partial charge on any atom is 0.304 e. The average Bonchev–Trinajstić information content (AvgIpc) is 3.19. The van der Waals surface area contributed by atoms with Crippen molar-refractivity contribution in [1.82, 2.24) is 15.1 Å². The molecule has 1 saturated carbocycles. The molecule has 1 aliphatic carbocycles. The molecule has 1 heterocycles. The molecule has 6 heteroatoms. The predicted octanol–water partition coefficient (Wildman–Crippen LogP) is -0.395. The Balaban J connectivity index is 1.56. The summed E-state index contributed by atoms with van der Waals surface area (Å²) in [5.41, 5.74) is 0. The van der Waals surface area contributed by atoms with Gasteiger partial charge in [0.2, 0.25) is 5.91 Å². The molecule has 0 aromatic heterocycles. The maximum absolute atomic E-state index is 11.7. The normalized spacial score (nSPS) is 21.3. The van der Waals surface area contributed by atoms with Crippen molar-refractivity contribution < 1.29 is 14.7 Å². The van der Waals surface area contributed by atoms with Crippen LogP contribution in [0, 0.1) is 5.92 Å². The number of aliphatic carboxylic acids is 1. The first kappa shape index (κ1) is 14.3. The zero-order valence-electron chi connectivity index (χ0n) is 11.3. The van der Waals surface area contributed by atoms with E-state index in [9.17, 15) is 9.59 Å². The molecule has 6 nitrogen and oxygen atoms in total. The monoisotopic (exact) mass is 269 g/mol. The van der Waals surface area contributed by atoms with Gasteiger partial charge in [-0.3, -0.25) is 14.5 Å². The third-order valence-corrected chi connectivity index (χ3v) is 3.76. The van der Waals surface area contributed by atoms with Crippen molar-refractivity contribution in [3.05, 3.63) is 0 Å². The fourth-order valence-corrected chi connectivity index (χ4v) is 2.26. The highest BCUT2D eigenvalue weighted by atomic mass is 16.4. The summed E-state index contributed by atoms with van der Waals surface area (Å²) < 4.78 is 0. The molecule has 0 aromatic carbocycles. The third-order valence-electron chi connectivity index (χ3n) is 3.76. The second-order valence-corrected chi connectivity index (χ2v) is 5.51. The molecule has 0 radical (unpaired) electrons. The summed E-state index contributed by atoms with van der Waals surface area (Å²) in [6, 6.07) is 0. The number of hydrogen-bond acceptors (Lipinski definition) is 4. The summed E-state index contributed by atoms with van der Waals surface area (Å²) in [4.78, 5) is 26.5. The number of carbonyl (C=O) groups is 2. The molecule has 2 fully saturated rings. The van der Waals surface area contributed by atoms with E-state index in [0.29, 0.717) is 13.1 Å². The lowest BCUT2D eigenvalue weighted by atomic mass is 10.3. The Morgan fingerprint density at radius 2 is 1.74 bits per heavy atom. The van der Waals surface area contributed by atoms with Gasteiger partial charge < -0.3 is 15.3 Å². The molecule has 2 aliphatic rings. The zero-order chi connectivity index (χ0) is 13.7. The first-order chi connectivity index (χ1) is 9.13. The Morgan fingerprint density at radius 1 is 1.11 bits per heavy atom. The average molecular weight is 269 g/mol. The number of amides is 1. The number of carboxylic acids is 1. The van der Waals surface area contributed by atoms with E-state index in [1.54, 1.807) is 0 Å². The van der Waals surface area contributed by atoms with Gasteiger partial charge in [-0.05, 0) is 18.8 Å². The van der Waals surface area contributed by atoms with Crippen LogP contribution in [0.15, 0.2) is 0 Å². The van der Waals surface area contributed by atoms with Gasteiger partial charge in [0, 0.05) is 39.3 Å². The Labute approximate surface area is 113 Å². The van der Waals surface area contributed by atoms with Gasteiger partial charge in [0.15, 0.2) is 0 Å². The van der Waals surface area contributed by atoms with Crippen LogP contribution in [0.25, 0.3) is 0 Å². The van der Waals surface area contributed by atoms with Gasteiger partial charge in [-0.2, -0.15) is 0 Å². The molecule has 0 bridgehead atoms. The fraction of sp³-hybridized carbons (Fsp3) is 0.846. The van der Waals surface area contributed by atoms with E-state index in [0.717, 1.165) is 38.6 Å². The molecule has 1 aliphatic heterocycles. The lowest BCUT2D eigenvalue weighted by Gasteiger charge is -2.33. The zero-order valence-corrected chi connectivity index (χ0v) is 11.3. The molecular weight excluding hydrogens is 246 g/mol. The van der Waals surface area contributed by atoms with Crippen LogP contribution < -0.4 is 5.32 Å². The van der Waals surface area contributed by atoms with Crippen LogP contribution in [0.1, 0.15) is 19.3 Å². The van der Waals surface area contributed by atoms with Gasteiger partial charge in [0.1, 0.15) is 0 Å². The minimum absolute atomic E-state index is 0.117. The van der Waals surface area contributed by atoms with Crippen molar-refractivity contribution in [2.24, 2.45) is 5.92 Å². The number of piperazine rings is 1. The van der Waals surface area contributed by atoms with Crippen LogP contribution in [-0.2, 0) is 9.59 Å². The van der Waals surface area contributed by atoms with Crippen molar-refractivity contribution >= 4 is 11.9 Å². The largest absolute Gasteiger partial charge is 0.481 e. The first-order valence-electron chi connectivity index (χ1n) is 7.06. The topological polar surface area (TPSA) is 72.9 Å². The van der Waals surface area contributed by atoms with Gasteiger partial charge in [-0.15, -0.1) is 0 Å². The van der Waals surface area contributed by atoms with Gasteiger partial charge in [-0.1, -0.05) is 0 Å². The molecule has 0 unspecified atom stereocenters. The molecule has 1 saturated heterocycles. The van der Waals surface area contributed by atoms with Crippen LogP contribution in [0.5, 0.6) is 0 Å². The maximum atomic E-state index is 11.7. The first-order valence-corrected chi connectivity index (χ1v) is 7.06. The molecule has 19 heavy (non-hydrogen) atoms. The molecule has 0 atom stereocenters. The van der Waals surface area contributed by atoms with Crippen molar-refractivity contribution in [1.29, 1.82) is 0 Å². The Bertz CT molecular complexity index is 323. The number of carboxylic acid groups (broad SMARTS) is 1. The lowest BCUT2D eigenvalue weighted by molar-refractivity contribution is -0.137. The smallest absolute Gasteiger partial charge is 0.304 e. The van der Waals surface area contributed by atoms with E-state index in [-0.39, 0.29) is 12.3 Å². The van der Waals surface area contributed by atoms with Crippen molar-refractivity contribution in [3.8, 4) is 0 Å². The van der Waals surface area contributed by atoms with Crippen molar-refractivity contribution in [2.45, 2.75) is 19.3 Å². The van der Waals surface area contributed by atoms with Crippen LogP contribution in [0.3, 0.4) is 0 Å². The van der Waals surface area contributed by atoms with E-state index in [1.807, 2.05) is 0 Å². The molecule has 2 N–H and O–H groups in total. The van der Waals surface area contributed by atoms with E-state index < -0.39 is 5.97 Å². The number of nitrogens with zero attached hydrogens (tertiary/aromatic N) is 2. The minimum atomic E-state index is -0.748. The molecule has 0 aromatic rings. The lowest BCUT2D eigenvalue weighted by Crippen LogP contribution is -2.49. The highest BCUT2D eigenvalue weighted by Crippen LogP contribution is 2.27. The molecule has 0 spiro atoms. The minimum Gasteiger partial charge on any atom is -0.481 e. The van der Waals surface area contributed by atoms with Crippen LogP contribution >= 0.6 is 0 Å². The van der Waals surface area contributed by atoms with Crippen molar-refractivity contribution in [3.63, 3.8) is 0 Å². The molecule has 108 valence electrons. The number of hydrogen-bond donors (Lipinski definition) is 2. The Hall–Kier alpha value is -1.14. The summed E-state index contributed by atoms with van der Waals surface area (Å²) in [5.74, 6) is 0.0876. The van der Waals surface area contributed by atoms with Crippen LogP contribution in [-0.4, -0.2) is 72.6 Å². The van der Waals surface area contributed by atoms with Gasteiger partial charge in [-0.25, -0.2) is 0 Å². The number of rotatable bonds is 7. The summed E-state index contributed by atoms with van der Waals surface area (Å²) in [5, 5.41) is 11.6. The SMILES string of the molecule is O=C(O)CCN1CCN(CC(=O)NCC2CC2)CC1. The second-order valence-electron chi connectivity index (χ2n) is 5.51. The number of nitrogens with one attached hydrogen (secondary N) is 1. The fourth-order valence-electron chi connectivity index (χ4n) is 2.26. The predicted molar refractivity (Wildman–Crippen MR) is 70.9 cm³/mol. The highest BCUT2D eigenvalue weighted by Gasteiger charge is 2.23. The third kappa shape index (κ3) is 5.57. The second kappa shape index (κ2) is 6.86. The molecular formula is C13H23N3O3. The summed E-state index contributed by atoms with van der Waals surface area (Å²) in [6.07, 6.45) is 2.70. The van der Waals surface area contributed by atoms with E-state index in [2.05, 4.69) is 15.1 Å².